The molecule has 2 heterocycles. The maximum absolute atomic E-state index is 12.4. The number of carbonyl (C=O) groups excluding carboxylic acids is 1. The molecule has 4 fully saturated rings. The number of phenolic OH excluding ortho intramolecular Hbond substituents is 2. The molecule has 6 unspecified atom stereocenters. The van der Waals surface area contributed by atoms with E-state index in [0.717, 1.165) is 93.6 Å². The van der Waals surface area contributed by atoms with Crippen molar-refractivity contribution in [3.05, 3.63) is 87.5 Å². The molecule has 330 valence electrons. The Hall–Kier alpha value is -4.12. The first-order valence-corrected chi connectivity index (χ1v) is 22.0. The SMILES string of the molecule is Cc1c(O)c(O)cc2c1CC=C1C2(C)CCC2(C)C3CC(C)(C(=O)O)CCC3(C)CCC12C.Cl.O=C(COc1ccc(Cl)cc1)N1CCN(Cc2ccc3c(c2)OCO3)CC1. The van der Waals surface area contributed by atoms with Crippen molar-refractivity contribution in [2.24, 2.45) is 27.6 Å². The van der Waals surface area contributed by atoms with E-state index in [1.54, 1.807) is 24.3 Å². The molecule has 0 bridgehead atoms. The number of halogens is 2. The van der Waals surface area contributed by atoms with Crippen molar-refractivity contribution in [1.29, 1.82) is 0 Å². The molecular formula is C49H62Cl2N2O8. The van der Waals surface area contributed by atoms with Gasteiger partial charge >= 0.3 is 5.97 Å². The molecule has 0 aromatic heterocycles. The summed E-state index contributed by atoms with van der Waals surface area (Å²) in [5.41, 5.74) is 5.19. The third kappa shape index (κ3) is 7.84. The summed E-state index contributed by atoms with van der Waals surface area (Å²) in [6.07, 6.45) is 10.0. The zero-order valence-corrected chi connectivity index (χ0v) is 38.0. The van der Waals surface area contributed by atoms with Gasteiger partial charge in [-0.1, -0.05) is 57.0 Å². The summed E-state index contributed by atoms with van der Waals surface area (Å²) in [4.78, 5) is 28.8. The maximum Gasteiger partial charge on any atom is 0.309 e. The minimum absolute atomic E-state index is 0. The second kappa shape index (κ2) is 16.5. The van der Waals surface area contributed by atoms with E-state index in [2.05, 4.69) is 44.7 Å². The van der Waals surface area contributed by atoms with Gasteiger partial charge in [-0.05, 0) is 152 Å². The summed E-state index contributed by atoms with van der Waals surface area (Å²) in [7, 11) is 0. The van der Waals surface area contributed by atoms with Crippen LogP contribution in [0.3, 0.4) is 0 Å². The van der Waals surface area contributed by atoms with Gasteiger partial charge in [0.15, 0.2) is 29.6 Å². The molecule has 3 saturated carbocycles. The van der Waals surface area contributed by atoms with Crippen LogP contribution in [0.2, 0.25) is 5.02 Å². The van der Waals surface area contributed by atoms with E-state index in [1.165, 1.54) is 16.7 Å². The predicted molar refractivity (Wildman–Crippen MR) is 238 cm³/mol. The number of amides is 1. The van der Waals surface area contributed by atoms with Gasteiger partial charge in [-0.3, -0.25) is 14.5 Å². The number of phenols is 2. The fourth-order valence-electron chi connectivity index (χ4n) is 12.1. The average molecular weight is 878 g/mol. The van der Waals surface area contributed by atoms with Crippen molar-refractivity contribution in [2.75, 3.05) is 39.6 Å². The molecule has 9 rings (SSSR count). The monoisotopic (exact) mass is 876 g/mol. The van der Waals surface area contributed by atoms with Gasteiger partial charge in [0.2, 0.25) is 6.79 Å². The van der Waals surface area contributed by atoms with Crippen LogP contribution in [0.1, 0.15) is 102 Å². The summed E-state index contributed by atoms with van der Waals surface area (Å²) < 4.78 is 16.3. The molecule has 3 aromatic carbocycles. The first-order chi connectivity index (χ1) is 28.4. The number of carboxylic acids is 1. The summed E-state index contributed by atoms with van der Waals surface area (Å²) in [6.45, 7) is 17.8. The molecular weight excluding hydrogens is 815 g/mol. The number of benzene rings is 3. The van der Waals surface area contributed by atoms with Gasteiger partial charge < -0.3 is 34.4 Å². The Balaban J connectivity index is 0.000000185. The quantitative estimate of drug-likeness (QED) is 0.164. The Kier molecular flexibility index (Phi) is 12.2. The standard InChI is InChI=1S/C29H40O4.C20H21ClN2O4.ClH/c1-17-18-7-8-21-27(4,19(18)15-20(30)23(17)31)12-14-29(6)22-16-26(3,24(32)33)10-9-25(22,2)11-13-28(21,29)5;21-16-2-4-17(5-3-16)25-13-20(24)23-9-7-22(8-10-23)12-15-1-6-18-19(11-15)27-14-26-18;/h8,15,22,30-31H,7,9-14,16H2,1-6H3,(H,32,33);1-6,11H,7-10,12-14H2;1H. The Labute approximate surface area is 371 Å². The second-order valence-electron chi connectivity index (χ2n) is 19.7. The maximum atomic E-state index is 12.4. The molecule has 61 heavy (non-hydrogen) atoms. The number of aliphatic carboxylic acids is 1. The van der Waals surface area contributed by atoms with E-state index in [0.29, 0.717) is 29.8 Å². The molecule has 3 N–H and O–H groups in total. The number of rotatable bonds is 6. The largest absolute Gasteiger partial charge is 0.504 e. The van der Waals surface area contributed by atoms with Crippen LogP contribution in [0.5, 0.6) is 28.7 Å². The van der Waals surface area contributed by atoms with Gasteiger partial charge in [-0.15, -0.1) is 12.4 Å². The van der Waals surface area contributed by atoms with Crippen LogP contribution in [0.25, 0.3) is 0 Å². The number of hydrogen-bond donors (Lipinski definition) is 3. The third-order valence-corrected chi connectivity index (χ3v) is 16.6. The fraction of sp³-hybridized carbons (Fsp3) is 0.551. The van der Waals surface area contributed by atoms with Gasteiger partial charge in [0.05, 0.1) is 5.41 Å². The van der Waals surface area contributed by atoms with Crippen LogP contribution in [-0.4, -0.2) is 76.6 Å². The number of piperazine rings is 1. The lowest BCUT2D eigenvalue weighted by Crippen LogP contribution is -2.62. The number of allylic oxidation sites excluding steroid dienone is 2. The predicted octanol–water partition coefficient (Wildman–Crippen LogP) is 9.86. The van der Waals surface area contributed by atoms with Gasteiger partial charge in [0, 0.05) is 43.2 Å². The van der Waals surface area contributed by atoms with Crippen LogP contribution in [0.4, 0.5) is 0 Å². The molecule has 10 nitrogen and oxygen atoms in total. The average Bonchev–Trinajstić information content (AvgIpc) is 3.70. The molecule has 0 radical (unpaired) electrons. The first kappa shape index (κ1) is 44.9. The Morgan fingerprint density at radius 1 is 0.869 bits per heavy atom. The number of carbonyl (C=O) groups is 2. The van der Waals surface area contributed by atoms with E-state index >= 15 is 0 Å². The van der Waals surface area contributed by atoms with Crippen LogP contribution in [0, 0.1) is 34.5 Å². The van der Waals surface area contributed by atoms with Gasteiger partial charge in [0.25, 0.3) is 5.91 Å². The molecule has 0 spiro atoms. The Morgan fingerprint density at radius 2 is 1.56 bits per heavy atom. The smallest absolute Gasteiger partial charge is 0.309 e. The summed E-state index contributed by atoms with van der Waals surface area (Å²) in [5, 5.41) is 31.6. The van der Waals surface area contributed by atoms with Crippen molar-refractivity contribution >= 4 is 35.9 Å². The van der Waals surface area contributed by atoms with Crippen molar-refractivity contribution in [3.8, 4) is 28.7 Å². The molecule has 6 atom stereocenters. The minimum Gasteiger partial charge on any atom is -0.504 e. The van der Waals surface area contributed by atoms with Gasteiger partial charge in [-0.2, -0.15) is 0 Å². The topological polar surface area (TPSA) is 129 Å². The fourth-order valence-corrected chi connectivity index (χ4v) is 12.2. The molecule has 3 aromatic rings. The number of aromatic hydroxyl groups is 2. The van der Waals surface area contributed by atoms with Gasteiger partial charge in [0.1, 0.15) is 5.75 Å². The van der Waals surface area contributed by atoms with E-state index in [4.69, 9.17) is 25.8 Å². The molecule has 4 aliphatic carbocycles. The van der Waals surface area contributed by atoms with Crippen LogP contribution < -0.4 is 14.2 Å². The zero-order chi connectivity index (χ0) is 42.8. The summed E-state index contributed by atoms with van der Waals surface area (Å²) in [6, 6.07) is 14.9. The normalized spacial score (nSPS) is 31.1. The van der Waals surface area contributed by atoms with Gasteiger partial charge in [-0.25, -0.2) is 0 Å². The minimum atomic E-state index is -0.641. The number of ether oxygens (including phenoxy) is 3. The van der Waals surface area contributed by atoms with Crippen molar-refractivity contribution in [2.45, 2.75) is 105 Å². The van der Waals surface area contributed by atoms with Crippen molar-refractivity contribution < 1.29 is 39.1 Å². The first-order valence-electron chi connectivity index (χ1n) is 21.7. The summed E-state index contributed by atoms with van der Waals surface area (Å²) >= 11 is 5.85. The zero-order valence-electron chi connectivity index (χ0n) is 36.4. The van der Waals surface area contributed by atoms with Crippen LogP contribution in [-0.2, 0) is 28.0 Å². The van der Waals surface area contributed by atoms with Crippen molar-refractivity contribution in [3.63, 3.8) is 0 Å². The lowest BCUT2D eigenvalue weighted by atomic mass is 9.34. The molecule has 2 aliphatic heterocycles. The van der Waals surface area contributed by atoms with E-state index in [1.807, 2.05) is 36.9 Å². The number of hydrogen-bond acceptors (Lipinski definition) is 8. The highest BCUT2D eigenvalue weighted by molar-refractivity contribution is 6.30. The number of fused-ring (bicyclic) bond motifs is 8. The highest BCUT2D eigenvalue weighted by atomic mass is 35.5. The van der Waals surface area contributed by atoms with Crippen LogP contribution in [0.15, 0.2) is 60.2 Å². The Bertz CT molecular complexity index is 2210. The van der Waals surface area contributed by atoms with E-state index in [9.17, 15) is 24.9 Å². The Morgan fingerprint density at radius 3 is 2.26 bits per heavy atom. The van der Waals surface area contributed by atoms with Crippen LogP contribution >= 0.6 is 24.0 Å². The molecule has 12 heteroatoms. The van der Waals surface area contributed by atoms with E-state index in [-0.39, 0.29) is 64.9 Å². The molecule has 6 aliphatic rings. The number of nitrogens with zero attached hydrogens (tertiary/aromatic N) is 2. The van der Waals surface area contributed by atoms with E-state index < -0.39 is 11.4 Å². The number of carboxylic acid groups (broad SMARTS) is 1. The highest BCUT2D eigenvalue weighted by Gasteiger charge is 2.67. The second-order valence-corrected chi connectivity index (χ2v) is 20.1. The highest BCUT2D eigenvalue weighted by Crippen LogP contribution is 2.74. The third-order valence-electron chi connectivity index (χ3n) is 16.3. The lowest BCUT2D eigenvalue weighted by molar-refractivity contribution is -0.177. The summed E-state index contributed by atoms with van der Waals surface area (Å²) in [5.74, 6) is 1.98. The van der Waals surface area contributed by atoms with Crippen molar-refractivity contribution in [1.82, 2.24) is 9.80 Å². The molecule has 1 saturated heterocycles. The molecule has 1 amide bonds. The lowest BCUT2D eigenvalue weighted by Gasteiger charge is -2.69.